The number of rotatable bonds is 3. The molecule has 5 heteroatoms. The van der Waals surface area contributed by atoms with E-state index in [-0.39, 0.29) is 12.4 Å². The van der Waals surface area contributed by atoms with Crippen molar-refractivity contribution < 1.29 is 9.13 Å². The van der Waals surface area contributed by atoms with Crippen LogP contribution < -0.4 is 10.5 Å². The molecule has 2 aromatic rings. The molecule has 0 fully saturated rings. The molecule has 2 nitrogen and oxygen atoms in total. The minimum atomic E-state index is -0.295. The summed E-state index contributed by atoms with van der Waals surface area (Å²) in [6.45, 7) is 2.03. The Hall–Kier alpha value is -1.07. The Morgan fingerprint density at radius 1 is 1.16 bits per heavy atom. The minimum Gasteiger partial charge on any atom is -0.486 e. The molecule has 0 aliphatic heterocycles. The van der Waals surface area contributed by atoms with E-state index in [1.165, 1.54) is 6.07 Å². The van der Waals surface area contributed by atoms with Crippen molar-refractivity contribution in [3.05, 3.63) is 56.2 Å². The van der Waals surface area contributed by atoms with Crippen LogP contribution in [-0.4, -0.2) is 0 Å². The monoisotopic (exact) mass is 387 g/mol. The molecule has 0 saturated heterocycles. The predicted molar refractivity (Wildman–Crippen MR) is 81.7 cm³/mol. The maximum absolute atomic E-state index is 13.6. The van der Waals surface area contributed by atoms with Gasteiger partial charge in [0.2, 0.25) is 0 Å². The molecule has 0 radical (unpaired) electrons. The molecule has 0 bridgehead atoms. The first-order valence-electron chi connectivity index (χ1n) is 5.59. The number of nitrogen functional groups attached to an aromatic ring is 1. The molecule has 2 N–H and O–H groups in total. The number of ether oxygens (including phenoxy) is 1. The fourth-order valence-electron chi connectivity index (χ4n) is 1.76. The summed E-state index contributed by atoms with van der Waals surface area (Å²) in [6.07, 6.45) is 0. The van der Waals surface area contributed by atoms with Crippen molar-refractivity contribution in [2.45, 2.75) is 13.5 Å². The highest BCUT2D eigenvalue weighted by molar-refractivity contribution is 9.10. The van der Waals surface area contributed by atoms with Gasteiger partial charge in [-0.2, -0.15) is 0 Å². The highest BCUT2D eigenvalue weighted by Crippen LogP contribution is 2.31. The van der Waals surface area contributed by atoms with Gasteiger partial charge in [0.15, 0.2) is 0 Å². The molecular weight excluding hydrogens is 377 g/mol. The van der Waals surface area contributed by atoms with Crippen molar-refractivity contribution in [3.63, 3.8) is 0 Å². The number of hydrogen-bond donors (Lipinski definition) is 1. The zero-order valence-corrected chi connectivity index (χ0v) is 13.4. The quantitative estimate of drug-likeness (QED) is 0.765. The van der Waals surface area contributed by atoms with Gasteiger partial charge in [-0.3, -0.25) is 0 Å². The van der Waals surface area contributed by atoms with E-state index in [9.17, 15) is 4.39 Å². The van der Waals surface area contributed by atoms with Gasteiger partial charge >= 0.3 is 0 Å². The van der Waals surface area contributed by atoms with E-state index in [0.29, 0.717) is 17.0 Å². The summed E-state index contributed by atoms with van der Waals surface area (Å²) >= 11 is 6.67. The van der Waals surface area contributed by atoms with Gasteiger partial charge in [0, 0.05) is 14.5 Å². The molecule has 19 heavy (non-hydrogen) atoms. The molecule has 0 spiro atoms. The zero-order valence-electron chi connectivity index (χ0n) is 10.2. The van der Waals surface area contributed by atoms with E-state index in [1.807, 2.05) is 13.0 Å². The summed E-state index contributed by atoms with van der Waals surface area (Å²) in [6, 6.07) is 8.42. The second kappa shape index (κ2) is 5.92. The first-order chi connectivity index (χ1) is 8.97. The first kappa shape index (κ1) is 14.3. The van der Waals surface area contributed by atoms with Gasteiger partial charge < -0.3 is 10.5 Å². The summed E-state index contributed by atoms with van der Waals surface area (Å²) in [4.78, 5) is 0. The Morgan fingerprint density at radius 3 is 2.58 bits per heavy atom. The van der Waals surface area contributed by atoms with Crippen molar-refractivity contribution in [3.8, 4) is 5.75 Å². The molecular formula is C14H12Br2FNO. The minimum absolute atomic E-state index is 0.137. The molecule has 0 heterocycles. The van der Waals surface area contributed by atoms with Gasteiger partial charge in [-0.05, 0) is 42.8 Å². The number of halogens is 3. The van der Waals surface area contributed by atoms with Crippen molar-refractivity contribution >= 4 is 37.5 Å². The normalized spacial score (nSPS) is 10.5. The van der Waals surface area contributed by atoms with Crippen molar-refractivity contribution in [2.75, 3.05) is 5.73 Å². The molecule has 100 valence electrons. The van der Waals surface area contributed by atoms with E-state index in [4.69, 9.17) is 10.5 Å². The van der Waals surface area contributed by atoms with Crippen LogP contribution in [0.15, 0.2) is 39.3 Å². The van der Waals surface area contributed by atoms with Crippen LogP contribution in [0.1, 0.15) is 11.1 Å². The van der Waals surface area contributed by atoms with E-state index < -0.39 is 0 Å². The molecule has 0 aliphatic carbocycles. The fourth-order valence-corrected chi connectivity index (χ4v) is 2.76. The van der Waals surface area contributed by atoms with E-state index in [0.717, 1.165) is 14.5 Å². The highest BCUT2D eigenvalue weighted by Gasteiger charge is 2.09. The van der Waals surface area contributed by atoms with Crippen LogP contribution in [-0.2, 0) is 6.61 Å². The second-order valence-corrected chi connectivity index (χ2v) is 6.00. The van der Waals surface area contributed by atoms with Crippen LogP contribution >= 0.6 is 31.9 Å². The Morgan fingerprint density at radius 2 is 1.89 bits per heavy atom. The van der Waals surface area contributed by atoms with Gasteiger partial charge in [-0.25, -0.2) is 4.39 Å². The number of benzene rings is 2. The van der Waals surface area contributed by atoms with Crippen LogP contribution in [0, 0.1) is 12.7 Å². The van der Waals surface area contributed by atoms with Gasteiger partial charge in [0.1, 0.15) is 18.2 Å². The lowest BCUT2D eigenvalue weighted by atomic mass is 10.2. The van der Waals surface area contributed by atoms with Crippen LogP contribution in [0.4, 0.5) is 10.1 Å². The highest BCUT2D eigenvalue weighted by atomic mass is 79.9. The maximum Gasteiger partial charge on any atom is 0.145 e. The van der Waals surface area contributed by atoms with Crippen molar-refractivity contribution in [1.29, 1.82) is 0 Å². The van der Waals surface area contributed by atoms with Crippen molar-refractivity contribution in [2.24, 2.45) is 0 Å². The molecule has 0 saturated carbocycles. The summed E-state index contributed by atoms with van der Waals surface area (Å²) in [5.41, 5.74) is 7.81. The molecule has 0 aliphatic rings. The third-order valence-corrected chi connectivity index (χ3v) is 3.60. The average molecular weight is 389 g/mol. The Kier molecular flexibility index (Phi) is 4.47. The van der Waals surface area contributed by atoms with Gasteiger partial charge in [-0.1, -0.05) is 31.9 Å². The lowest BCUT2D eigenvalue weighted by Gasteiger charge is -2.13. The zero-order chi connectivity index (χ0) is 14.0. The number of hydrogen-bond acceptors (Lipinski definition) is 2. The van der Waals surface area contributed by atoms with Crippen LogP contribution in [0.5, 0.6) is 5.75 Å². The van der Waals surface area contributed by atoms with Crippen LogP contribution in [0.25, 0.3) is 0 Å². The number of aryl methyl sites for hydroxylation is 1. The smallest absolute Gasteiger partial charge is 0.145 e. The third-order valence-electron chi connectivity index (χ3n) is 2.65. The number of anilines is 1. The van der Waals surface area contributed by atoms with Gasteiger partial charge in [0.05, 0.1) is 5.69 Å². The number of nitrogens with two attached hydrogens (primary N) is 1. The van der Waals surface area contributed by atoms with Crippen molar-refractivity contribution in [1.82, 2.24) is 0 Å². The Balaban J connectivity index is 2.21. The predicted octanol–water partition coefficient (Wildman–Crippen LogP) is 4.82. The maximum atomic E-state index is 13.6. The van der Waals surface area contributed by atoms with E-state index >= 15 is 0 Å². The van der Waals surface area contributed by atoms with Gasteiger partial charge in [0.25, 0.3) is 0 Å². The molecule has 0 aromatic heterocycles. The summed E-state index contributed by atoms with van der Waals surface area (Å²) < 4.78 is 20.9. The lowest BCUT2D eigenvalue weighted by molar-refractivity contribution is 0.299. The largest absolute Gasteiger partial charge is 0.486 e. The SMILES string of the molecule is Cc1cc(Br)cc(N)c1OCc1cc(Br)ccc1F. The van der Waals surface area contributed by atoms with E-state index in [2.05, 4.69) is 31.9 Å². The molecule has 2 rings (SSSR count). The molecule has 0 amide bonds. The third kappa shape index (κ3) is 3.48. The fraction of sp³-hybridized carbons (Fsp3) is 0.143. The summed E-state index contributed by atoms with van der Waals surface area (Å²) in [5, 5.41) is 0. The molecule has 2 aromatic carbocycles. The lowest BCUT2D eigenvalue weighted by Crippen LogP contribution is -2.02. The Bertz CT molecular complexity index is 593. The Labute approximate surface area is 128 Å². The topological polar surface area (TPSA) is 35.2 Å². The summed E-state index contributed by atoms with van der Waals surface area (Å²) in [7, 11) is 0. The average Bonchev–Trinajstić information content (AvgIpc) is 2.32. The second-order valence-electron chi connectivity index (χ2n) is 4.17. The first-order valence-corrected chi connectivity index (χ1v) is 7.18. The molecule has 0 unspecified atom stereocenters. The van der Waals surface area contributed by atoms with Gasteiger partial charge in [-0.15, -0.1) is 0 Å². The standard InChI is InChI=1S/C14H12Br2FNO/c1-8-4-11(16)6-13(18)14(8)19-7-9-5-10(15)2-3-12(9)17/h2-6H,7,18H2,1H3. The van der Waals surface area contributed by atoms with E-state index in [1.54, 1.807) is 18.2 Å². The summed E-state index contributed by atoms with van der Waals surface area (Å²) in [5.74, 6) is 0.291. The van der Waals surface area contributed by atoms with Crippen LogP contribution in [0.3, 0.4) is 0 Å². The van der Waals surface area contributed by atoms with Crippen LogP contribution in [0.2, 0.25) is 0 Å². The molecule has 0 atom stereocenters.